The fourth-order valence-corrected chi connectivity index (χ4v) is 3.33. The average molecular weight is 541 g/mol. The van der Waals surface area contributed by atoms with Crippen molar-refractivity contribution in [1.82, 2.24) is 20.6 Å². The molecule has 3 aromatic rings. The highest BCUT2D eigenvalue weighted by Crippen LogP contribution is 2.19. The lowest BCUT2D eigenvalue weighted by Gasteiger charge is -2.11. The minimum absolute atomic E-state index is 0. The minimum atomic E-state index is -0.302. The van der Waals surface area contributed by atoms with Crippen LogP contribution in [0.3, 0.4) is 0 Å². The third-order valence-electron chi connectivity index (χ3n) is 4.09. The molecular formula is C21H25FIN5OS. The van der Waals surface area contributed by atoms with E-state index in [0.717, 1.165) is 16.3 Å². The Bertz CT molecular complexity index is 945. The molecule has 0 radical (unpaired) electrons. The van der Waals surface area contributed by atoms with Crippen LogP contribution < -0.4 is 15.4 Å². The van der Waals surface area contributed by atoms with Crippen molar-refractivity contribution in [3.63, 3.8) is 0 Å². The van der Waals surface area contributed by atoms with Crippen LogP contribution in [-0.4, -0.2) is 23.0 Å². The largest absolute Gasteiger partial charge is 0.439 e. The van der Waals surface area contributed by atoms with Gasteiger partial charge in [0.2, 0.25) is 5.88 Å². The molecular weight excluding hydrogens is 516 g/mol. The van der Waals surface area contributed by atoms with E-state index < -0.39 is 0 Å². The third kappa shape index (κ3) is 7.21. The average Bonchev–Trinajstić information content (AvgIpc) is 3.20. The van der Waals surface area contributed by atoms with Gasteiger partial charge in [-0.05, 0) is 35.7 Å². The fraction of sp³-hybridized carbons (Fsp3) is 0.286. The van der Waals surface area contributed by atoms with Crippen LogP contribution in [0, 0.1) is 5.82 Å². The molecule has 6 nitrogen and oxygen atoms in total. The maximum Gasteiger partial charge on any atom is 0.219 e. The number of rotatable bonds is 7. The van der Waals surface area contributed by atoms with E-state index in [1.807, 2.05) is 6.07 Å². The first-order chi connectivity index (χ1) is 14.0. The zero-order valence-corrected chi connectivity index (χ0v) is 20.2. The summed E-state index contributed by atoms with van der Waals surface area (Å²) >= 11 is 1.65. The SMILES string of the molecule is CN=C(NCc1ccc(Oc2ccc(F)cc2)nc1)NCc1nc(C(C)C)cs1.I. The first-order valence-electron chi connectivity index (χ1n) is 9.30. The van der Waals surface area contributed by atoms with Gasteiger partial charge in [0.15, 0.2) is 5.96 Å². The first kappa shape index (κ1) is 24.0. The van der Waals surface area contributed by atoms with Gasteiger partial charge in [-0.2, -0.15) is 0 Å². The van der Waals surface area contributed by atoms with Gasteiger partial charge in [-0.25, -0.2) is 14.4 Å². The summed E-state index contributed by atoms with van der Waals surface area (Å²) in [4.78, 5) is 13.1. The topological polar surface area (TPSA) is 71.4 Å². The molecule has 0 saturated carbocycles. The van der Waals surface area contributed by atoms with Gasteiger partial charge in [-0.15, -0.1) is 35.3 Å². The Morgan fingerprint density at radius 1 is 1.13 bits per heavy atom. The minimum Gasteiger partial charge on any atom is -0.439 e. The van der Waals surface area contributed by atoms with E-state index in [1.54, 1.807) is 42.8 Å². The molecule has 1 aromatic carbocycles. The second kappa shape index (κ2) is 11.8. The lowest BCUT2D eigenvalue weighted by Crippen LogP contribution is -2.36. The van der Waals surface area contributed by atoms with Crippen molar-refractivity contribution >= 4 is 41.3 Å². The summed E-state index contributed by atoms with van der Waals surface area (Å²) in [7, 11) is 1.73. The second-order valence-electron chi connectivity index (χ2n) is 6.66. The number of aliphatic imine (C=N–C) groups is 1. The molecule has 0 spiro atoms. The van der Waals surface area contributed by atoms with E-state index in [0.29, 0.717) is 36.6 Å². The van der Waals surface area contributed by atoms with Crippen LogP contribution in [0.1, 0.15) is 36.0 Å². The first-order valence-corrected chi connectivity index (χ1v) is 10.2. The molecule has 9 heteroatoms. The van der Waals surface area contributed by atoms with Crippen molar-refractivity contribution in [3.8, 4) is 11.6 Å². The second-order valence-corrected chi connectivity index (χ2v) is 7.60. The number of ether oxygens (including phenoxy) is 1. The smallest absolute Gasteiger partial charge is 0.219 e. The molecule has 3 rings (SSSR count). The Morgan fingerprint density at radius 3 is 2.47 bits per heavy atom. The molecule has 0 aliphatic carbocycles. The maximum absolute atomic E-state index is 12.9. The number of pyridine rings is 1. The Balaban J connectivity index is 0.00000320. The fourth-order valence-electron chi connectivity index (χ4n) is 2.44. The van der Waals surface area contributed by atoms with Crippen molar-refractivity contribution in [2.24, 2.45) is 4.99 Å². The molecule has 2 aromatic heterocycles. The molecule has 0 aliphatic heterocycles. The number of hydrogen-bond acceptors (Lipinski definition) is 5. The molecule has 0 atom stereocenters. The van der Waals surface area contributed by atoms with Gasteiger partial charge in [0, 0.05) is 31.2 Å². The van der Waals surface area contributed by atoms with E-state index >= 15 is 0 Å². The summed E-state index contributed by atoms with van der Waals surface area (Å²) < 4.78 is 18.5. The molecule has 0 saturated heterocycles. The van der Waals surface area contributed by atoms with Gasteiger partial charge in [0.1, 0.15) is 16.6 Å². The van der Waals surface area contributed by atoms with Gasteiger partial charge in [0.25, 0.3) is 0 Å². The number of hydrogen-bond donors (Lipinski definition) is 2. The summed E-state index contributed by atoms with van der Waals surface area (Å²) in [5.74, 6) is 1.81. The zero-order chi connectivity index (χ0) is 20.6. The van der Waals surface area contributed by atoms with E-state index in [-0.39, 0.29) is 29.8 Å². The van der Waals surface area contributed by atoms with Crippen molar-refractivity contribution in [2.45, 2.75) is 32.9 Å². The Hall–Kier alpha value is -2.27. The third-order valence-corrected chi connectivity index (χ3v) is 4.95. The molecule has 2 heterocycles. The van der Waals surface area contributed by atoms with E-state index in [9.17, 15) is 4.39 Å². The number of nitrogens with one attached hydrogen (secondary N) is 2. The number of halogens is 2. The van der Waals surface area contributed by atoms with Crippen molar-refractivity contribution < 1.29 is 9.13 Å². The summed E-state index contributed by atoms with van der Waals surface area (Å²) in [5.41, 5.74) is 2.10. The van der Waals surface area contributed by atoms with Crippen LogP contribution in [-0.2, 0) is 13.1 Å². The lowest BCUT2D eigenvalue weighted by atomic mass is 10.2. The Kier molecular flexibility index (Phi) is 9.44. The van der Waals surface area contributed by atoms with Crippen molar-refractivity contribution in [3.05, 3.63) is 70.1 Å². The molecule has 0 amide bonds. The zero-order valence-electron chi connectivity index (χ0n) is 17.1. The van der Waals surface area contributed by atoms with Crippen LogP contribution in [0.2, 0.25) is 0 Å². The standard InChI is InChI=1S/C21H24FN5OS.HI/c1-14(2)18-13-29-20(27-18)12-26-21(23-3)25-11-15-4-9-19(24-10-15)28-17-7-5-16(22)6-8-17;/h4-10,13-14H,11-12H2,1-3H3,(H2,23,25,26);1H. The lowest BCUT2D eigenvalue weighted by molar-refractivity contribution is 0.461. The summed E-state index contributed by atoms with van der Waals surface area (Å²) in [5, 5.41) is 9.65. The number of aromatic nitrogens is 2. The van der Waals surface area contributed by atoms with Crippen LogP contribution in [0.15, 0.2) is 53.0 Å². The molecule has 0 aliphatic rings. The molecule has 160 valence electrons. The number of guanidine groups is 1. The van der Waals surface area contributed by atoms with Crippen LogP contribution >= 0.6 is 35.3 Å². The molecule has 0 bridgehead atoms. The predicted molar refractivity (Wildman–Crippen MR) is 129 cm³/mol. The summed E-state index contributed by atoms with van der Waals surface area (Å²) in [6.45, 7) is 5.46. The number of nitrogens with zero attached hydrogens (tertiary/aromatic N) is 3. The highest BCUT2D eigenvalue weighted by atomic mass is 127. The number of benzene rings is 1. The Labute approximate surface area is 197 Å². The van der Waals surface area contributed by atoms with Gasteiger partial charge < -0.3 is 15.4 Å². The highest BCUT2D eigenvalue weighted by molar-refractivity contribution is 14.0. The molecule has 30 heavy (non-hydrogen) atoms. The van der Waals surface area contributed by atoms with Gasteiger partial charge in [-0.3, -0.25) is 4.99 Å². The van der Waals surface area contributed by atoms with Crippen LogP contribution in [0.25, 0.3) is 0 Å². The van der Waals surface area contributed by atoms with E-state index in [1.165, 1.54) is 12.1 Å². The summed E-state index contributed by atoms with van der Waals surface area (Å²) in [6, 6.07) is 9.52. The summed E-state index contributed by atoms with van der Waals surface area (Å²) in [6.07, 6.45) is 1.73. The van der Waals surface area contributed by atoms with E-state index in [4.69, 9.17) is 4.74 Å². The van der Waals surface area contributed by atoms with Crippen LogP contribution in [0.4, 0.5) is 4.39 Å². The molecule has 0 fully saturated rings. The van der Waals surface area contributed by atoms with Crippen LogP contribution in [0.5, 0.6) is 11.6 Å². The highest BCUT2D eigenvalue weighted by Gasteiger charge is 2.07. The molecule has 2 N–H and O–H groups in total. The maximum atomic E-state index is 12.9. The quantitative estimate of drug-likeness (QED) is 0.248. The van der Waals surface area contributed by atoms with Gasteiger partial charge >= 0.3 is 0 Å². The van der Waals surface area contributed by atoms with E-state index in [2.05, 4.69) is 44.8 Å². The van der Waals surface area contributed by atoms with Crippen molar-refractivity contribution in [2.75, 3.05) is 7.05 Å². The van der Waals surface area contributed by atoms with Gasteiger partial charge in [0.05, 0.1) is 12.2 Å². The predicted octanol–water partition coefficient (Wildman–Crippen LogP) is 5.08. The Morgan fingerprint density at radius 2 is 1.87 bits per heavy atom. The monoisotopic (exact) mass is 541 g/mol. The normalized spacial score (nSPS) is 11.2. The number of thiazole rings is 1. The van der Waals surface area contributed by atoms with Gasteiger partial charge in [-0.1, -0.05) is 19.9 Å². The van der Waals surface area contributed by atoms with Crippen molar-refractivity contribution in [1.29, 1.82) is 0 Å². The molecule has 0 unspecified atom stereocenters.